The lowest BCUT2D eigenvalue weighted by molar-refractivity contribution is 0.288. The van der Waals surface area contributed by atoms with Gasteiger partial charge in [0.05, 0.1) is 6.61 Å². The molecule has 84 valence electrons. The molecule has 1 aromatic rings. The molecule has 0 aliphatic carbocycles. The van der Waals surface area contributed by atoms with Gasteiger partial charge in [-0.25, -0.2) is 0 Å². The molecule has 1 rings (SSSR count). The van der Waals surface area contributed by atoms with Crippen LogP contribution < -0.4 is 4.74 Å². The molecule has 0 bridgehead atoms. The van der Waals surface area contributed by atoms with Crippen LogP contribution in [0.25, 0.3) is 0 Å². The molecule has 0 spiro atoms. The fraction of sp³-hybridized carbons (Fsp3) is 0.538. The summed E-state index contributed by atoms with van der Waals surface area (Å²) in [5, 5.41) is 8.76. The van der Waals surface area contributed by atoms with E-state index < -0.39 is 0 Å². The molecular weight excluding hydrogens is 188 g/mol. The Morgan fingerprint density at radius 1 is 1.20 bits per heavy atom. The van der Waals surface area contributed by atoms with Crippen LogP contribution in [0.4, 0.5) is 0 Å². The van der Waals surface area contributed by atoms with E-state index in [0.717, 1.165) is 24.3 Å². The minimum atomic E-state index is 0.202. The molecule has 15 heavy (non-hydrogen) atoms. The molecule has 0 saturated heterocycles. The molecule has 0 unspecified atom stereocenters. The molecule has 0 saturated carbocycles. The first-order valence-electron chi connectivity index (χ1n) is 5.55. The molecule has 0 radical (unpaired) electrons. The summed E-state index contributed by atoms with van der Waals surface area (Å²) < 4.78 is 5.59. The maximum Gasteiger partial charge on any atom is 0.119 e. The van der Waals surface area contributed by atoms with Crippen molar-refractivity contribution < 1.29 is 9.84 Å². The van der Waals surface area contributed by atoms with E-state index in [1.807, 2.05) is 24.3 Å². The summed E-state index contributed by atoms with van der Waals surface area (Å²) >= 11 is 0. The van der Waals surface area contributed by atoms with Crippen molar-refractivity contribution in [3.05, 3.63) is 29.8 Å². The van der Waals surface area contributed by atoms with Crippen LogP contribution in [0.3, 0.4) is 0 Å². The van der Waals surface area contributed by atoms with Gasteiger partial charge in [0.25, 0.3) is 0 Å². The molecule has 1 aromatic carbocycles. The highest BCUT2D eigenvalue weighted by atomic mass is 16.5. The number of ether oxygens (including phenoxy) is 1. The zero-order valence-electron chi connectivity index (χ0n) is 9.57. The van der Waals surface area contributed by atoms with Crippen molar-refractivity contribution in [1.29, 1.82) is 0 Å². The van der Waals surface area contributed by atoms with Gasteiger partial charge in [-0.3, -0.25) is 0 Å². The average molecular weight is 208 g/mol. The Bertz CT molecular complexity index is 264. The van der Waals surface area contributed by atoms with Gasteiger partial charge in [0.2, 0.25) is 0 Å². The summed E-state index contributed by atoms with van der Waals surface area (Å²) in [6.07, 6.45) is 1.80. The monoisotopic (exact) mass is 208 g/mol. The molecule has 0 amide bonds. The van der Waals surface area contributed by atoms with Crippen LogP contribution in [-0.2, 0) is 6.42 Å². The first kappa shape index (κ1) is 12.1. The van der Waals surface area contributed by atoms with E-state index in [9.17, 15) is 0 Å². The van der Waals surface area contributed by atoms with Crippen LogP contribution in [0, 0.1) is 5.92 Å². The second-order valence-electron chi connectivity index (χ2n) is 4.15. The van der Waals surface area contributed by atoms with E-state index in [2.05, 4.69) is 13.8 Å². The van der Waals surface area contributed by atoms with Gasteiger partial charge in [-0.1, -0.05) is 26.0 Å². The minimum Gasteiger partial charge on any atom is -0.494 e. The molecular formula is C13H20O2. The third kappa shape index (κ3) is 4.84. The molecule has 2 heteroatoms. The van der Waals surface area contributed by atoms with Crippen molar-refractivity contribution in [2.24, 2.45) is 5.92 Å². The van der Waals surface area contributed by atoms with Gasteiger partial charge in [-0.05, 0) is 36.5 Å². The van der Waals surface area contributed by atoms with Crippen LogP contribution in [0.2, 0.25) is 0 Å². The second-order valence-corrected chi connectivity index (χ2v) is 4.15. The van der Waals surface area contributed by atoms with Gasteiger partial charge in [0.1, 0.15) is 5.75 Å². The first-order chi connectivity index (χ1) is 7.22. The van der Waals surface area contributed by atoms with Crippen molar-refractivity contribution in [1.82, 2.24) is 0 Å². The predicted molar refractivity (Wildman–Crippen MR) is 62.2 cm³/mol. The Balaban J connectivity index is 2.36. The molecule has 0 aromatic heterocycles. The summed E-state index contributed by atoms with van der Waals surface area (Å²) in [7, 11) is 0. The lowest BCUT2D eigenvalue weighted by atomic mass is 10.1. The number of hydrogen-bond acceptors (Lipinski definition) is 2. The van der Waals surface area contributed by atoms with Gasteiger partial charge in [-0.15, -0.1) is 0 Å². The molecule has 0 aliphatic heterocycles. The zero-order valence-corrected chi connectivity index (χ0v) is 9.57. The van der Waals surface area contributed by atoms with Crippen molar-refractivity contribution in [3.63, 3.8) is 0 Å². The van der Waals surface area contributed by atoms with E-state index >= 15 is 0 Å². The minimum absolute atomic E-state index is 0.202. The highest BCUT2D eigenvalue weighted by Gasteiger charge is 1.97. The van der Waals surface area contributed by atoms with Crippen LogP contribution in [0.5, 0.6) is 5.75 Å². The molecule has 0 atom stereocenters. The Morgan fingerprint density at radius 3 is 2.40 bits per heavy atom. The summed E-state index contributed by atoms with van der Waals surface area (Å²) in [5.74, 6) is 1.59. The summed E-state index contributed by atoms with van der Waals surface area (Å²) in [6, 6.07) is 7.93. The van der Waals surface area contributed by atoms with Crippen molar-refractivity contribution in [2.45, 2.75) is 26.7 Å². The van der Waals surface area contributed by atoms with Crippen LogP contribution in [-0.4, -0.2) is 18.3 Å². The smallest absolute Gasteiger partial charge is 0.119 e. The van der Waals surface area contributed by atoms with Crippen molar-refractivity contribution in [2.75, 3.05) is 13.2 Å². The molecule has 0 aliphatic rings. The fourth-order valence-corrected chi connectivity index (χ4v) is 1.29. The topological polar surface area (TPSA) is 29.5 Å². The average Bonchev–Trinajstić information content (AvgIpc) is 2.20. The molecule has 0 heterocycles. The standard InChI is InChI=1S/C13H20O2/c1-11(2)8-10-15-13-5-3-12(4-6-13)7-9-14/h3-6,11,14H,7-10H2,1-2H3. The normalized spacial score (nSPS) is 10.7. The SMILES string of the molecule is CC(C)CCOc1ccc(CCO)cc1. The maximum atomic E-state index is 8.76. The number of aliphatic hydroxyl groups excluding tert-OH is 1. The van der Waals surface area contributed by atoms with Gasteiger partial charge in [0, 0.05) is 6.61 Å². The van der Waals surface area contributed by atoms with Crippen LogP contribution in [0.1, 0.15) is 25.8 Å². The highest BCUT2D eigenvalue weighted by molar-refractivity contribution is 5.27. The van der Waals surface area contributed by atoms with E-state index in [4.69, 9.17) is 9.84 Å². The summed E-state index contributed by atoms with van der Waals surface area (Å²) in [5.41, 5.74) is 1.15. The van der Waals surface area contributed by atoms with Crippen molar-refractivity contribution >= 4 is 0 Å². The fourth-order valence-electron chi connectivity index (χ4n) is 1.29. The van der Waals surface area contributed by atoms with E-state index in [1.165, 1.54) is 0 Å². The molecule has 2 nitrogen and oxygen atoms in total. The number of benzene rings is 1. The molecule has 1 N–H and O–H groups in total. The number of rotatable bonds is 6. The Hall–Kier alpha value is -1.02. The van der Waals surface area contributed by atoms with Gasteiger partial charge < -0.3 is 9.84 Å². The Labute approximate surface area is 91.9 Å². The van der Waals surface area contributed by atoms with Crippen LogP contribution >= 0.6 is 0 Å². The second kappa shape index (κ2) is 6.46. The summed E-state index contributed by atoms with van der Waals surface area (Å²) in [6.45, 7) is 5.35. The number of hydrogen-bond donors (Lipinski definition) is 1. The maximum absolute atomic E-state index is 8.76. The first-order valence-corrected chi connectivity index (χ1v) is 5.55. The van der Waals surface area contributed by atoms with Crippen molar-refractivity contribution in [3.8, 4) is 5.75 Å². The molecule has 0 fully saturated rings. The third-order valence-corrected chi connectivity index (χ3v) is 2.29. The van der Waals surface area contributed by atoms with Gasteiger partial charge >= 0.3 is 0 Å². The lowest BCUT2D eigenvalue weighted by Gasteiger charge is -2.08. The summed E-state index contributed by atoms with van der Waals surface area (Å²) in [4.78, 5) is 0. The largest absolute Gasteiger partial charge is 0.494 e. The third-order valence-electron chi connectivity index (χ3n) is 2.29. The van der Waals surface area contributed by atoms with E-state index in [1.54, 1.807) is 0 Å². The quantitative estimate of drug-likeness (QED) is 0.778. The van der Waals surface area contributed by atoms with Gasteiger partial charge in [0.15, 0.2) is 0 Å². The number of aliphatic hydroxyl groups is 1. The zero-order chi connectivity index (χ0) is 11.1. The Kier molecular flexibility index (Phi) is 5.19. The van der Waals surface area contributed by atoms with E-state index in [-0.39, 0.29) is 6.61 Å². The van der Waals surface area contributed by atoms with Gasteiger partial charge in [-0.2, -0.15) is 0 Å². The Morgan fingerprint density at radius 2 is 1.87 bits per heavy atom. The predicted octanol–water partition coefficient (Wildman–Crippen LogP) is 2.65. The highest BCUT2D eigenvalue weighted by Crippen LogP contribution is 2.13. The van der Waals surface area contributed by atoms with Crippen LogP contribution in [0.15, 0.2) is 24.3 Å². The van der Waals surface area contributed by atoms with E-state index in [0.29, 0.717) is 12.3 Å². The lowest BCUT2D eigenvalue weighted by Crippen LogP contribution is -2.01.